The Bertz CT molecular complexity index is 1150. The summed E-state index contributed by atoms with van der Waals surface area (Å²) < 4.78 is 61.5. The quantitative estimate of drug-likeness (QED) is 0.450. The van der Waals surface area contributed by atoms with Crippen LogP contribution in [0.25, 0.3) is 11.4 Å². The van der Waals surface area contributed by atoms with Crippen molar-refractivity contribution in [2.75, 3.05) is 0 Å². The standard InChI is InChI=1S/C23H27F4N5O/c1-20(2,24)19-28-17(31-33-19)21(3)10-12-22(4,13-11-21)18-30-29-16(32(18)5)14-8-6-7-9-15(14)23(25,26)27/h6-9H,10-13H2,1-5H3. The molecule has 0 N–H and O–H groups in total. The number of benzene rings is 1. The molecule has 6 nitrogen and oxygen atoms in total. The molecule has 1 aliphatic carbocycles. The lowest BCUT2D eigenvalue weighted by Crippen LogP contribution is -2.38. The number of halogens is 4. The Morgan fingerprint density at radius 1 is 0.939 bits per heavy atom. The van der Waals surface area contributed by atoms with Crippen molar-refractivity contribution in [2.45, 2.75) is 76.1 Å². The Morgan fingerprint density at radius 3 is 2.12 bits per heavy atom. The van der Waals surface area contributed by atoms with E-state index in [1.165, 1.54) is 26.0 Å². The minimum absolute atomic E-state index is 0.00339. The summed E-state index contributed by atoms with van der Waals surface area (Å²) in [6, 6.07) is 5.39. The fourth-order valence-electron chi connectivity index (χ4n) is 4.53. The highest BCUT2D eigenvalue weighted by atomic mass is 19.4. The van der Waals surface area contributed by atoms with Gasteiger partial charge in [0, 0.05) is 23.4 Å². The molecular weight excluding hydrogens is 438 g/mol. The zero-order chi connectivity index (χ0) is 24.2. The molecule has 0 unspecified atom stereocenters. The van der Waals surface area contributed by atoms with Gasteiger partial charge in [0.15, 0.2) is 17.3 Å². The van der Waals surface area contributed by atoms with Gasteiger partial charge in [-0.05, 0) is 45.6 Å². The maximum Gasteiger partial charge on any atom is 0.417 e. The third-order valence-corrected chi connectivity index (χ3v) is 6.82. The molecule has 33 heavy (non-hydrogen) atoms. The second-order valence-corrected chi connectivity index (χ2v) is 9.97. The summed E-state index contributed by atoms with van der Waals surface area (Å²) in [6.07, 6.45) is -1.72. The number of hydrogen-bond donors (Lipinski definition) is 0. The van der Waals surface area contributed by atoms with Gasteiger partial charge < -0.3 is 9.09 Å². The second-order valence-electron chi connectivity index (χ2n) is 9.97. The Morgan fingerprint density at radius 2 is 1.55 bits per heavy atom. The van der Waals surface area contributed by atoms with Crippen LogP contribution in [0.1, 0.15) is 76.5 Å². The Kier molecular flexibility index (Phi) is 5.41. The summed E-state index contributed by atoms with van der Waals surface area (Å²) in [4.78, 5) is 4.30. The smallest absolute Gasteiger partial charge is 0.336 e. The van der Waals surface area contributed by atoms with Gasteiger partial charge in [-0.3, -0.25) is 0 Å². The molecule has 0 bridgehead atoms. The number of alkyl halides is 4. The molecule has 0 atom stereocenters. The SMILES string of the molecule is Cn1c(-c2ccccc2C(F)(F)F)nnc1C1(C)CCC(C)(c2noc(C(C)(C)F)n2)CC1. The van der Waals surface area contributed by atoms with Crippen molar-refractivity contribution in [3.8, 4) is 11.4 Å². The van der Waals surface area contributed by atoms with Crippen LogP contribution in [0, 0.1) is 0 Å². The highest BCUT2D eigenvalue weighted by Crippen LogP contribution is 2.47. The van der Waals surface area contributed by atoms with Crippen LogP contribution < -0.4 is 0 Å². The van der Waals surface area contributed by atoms with Crippen LogP contribution in [-0.4, -0.2) is 24.9 Å². The molecule has 4 rings (SSSR count). The third kappa shape index (κ3) is 4.15. The molecule has 0 amide bonds. The predicted molar refractivity (Wildman–Crippen MR) is 113 cm³/mol. The van der Waals surface area contributed by atoms with Crippen molar-refractivity contribution in [1.82, 2.24) is 24.9 Å². The van der Waals surface area contributed by atoms with Gasteiger partial charge in [0.05, 0.1) is 5.56 Å². The van der Waals surface area contributed by atoms with E-state index in [1.807, 2.05) is 13.8 Å². The lowest BCUT2D eigenvalue weighted by Gasteiger charge is -2.40. The first-order valence-corrected chi connectivity index (χ1v) is 10.8. The lowest BCUT2D eigenvalue weighted by atomic mass is 9.64. The molecule has 1 saturated carbocycles. The van der Waals surface area contributed by atoms with Crippen LogP contribution >= 0.6 is 0 Å². The predicted octanol–water partition coefficient (Wildman–Crippen LogP) is 5.88. The van der Waals surface area contributed by atoms with E-state index in [0.717, 1.165) is 6.07 Å². The maximum absolute atomic E-state index is 14.2. The molecule has 1 aliphatic rings. The van der Waals surface area contributed by atoms with Gasteiger partial charge in [-0.25, -0.2) is 4.39 Å². The first kappa shape index (κ1) is 23.4. The average Bonchev–Trinajstić information content (AvgIpc) is 3.38. The number of nitrogens with zero attached hydrogens (tertiary/aromatic N) is 5. The number of hydrogen-bond acceptors (Lipinski definition) is 5. The van der Waals surface area contributed by atoms with Gasteiger partial charge in [0.2, 0.25) is 0 Å². The van der Waals surface area contributed by atoms with Crippen molar-refractivity contribution < 1.29 is 22.1 Å². The third-order valence-electron chi connectivity index (χ3n) is 6.82. The second kappa shape index (κ2) is 7.63. The van der Waals surface area contributed by atoms with Crippen LogP contribution in [-0.2, 0) is 29.7 Å². The van der Waals surface area contributed by atoms with E-state index in [-0.39, 0.29) is 17.3 Å². The molecular formula is C23H27F4N5O. The highest BCUT2D eigenvalue weighted by Gasteiger charge is 2.45. The summed E-state index contributed by atoms with van der Waals surface area (Å²) >= 11 is 0. The molecule has 10 heteroatoms. The maximum atomic E-state index is 14.2. The summed E-state index contributed by atoms with van der Waals surface area (Å²) in [5.74, 6) is 1.24. The zero-order valence-corrected chi connectivity index (χ0v) is 19.3. The zero-order valence-electron chi connectivity index (χ0n) is 19.3. The fraction of sp³-hybridized carbons (Fsp3) is 0.565. The molecule has 0 saturated heterocycles. The molecule has 0 radical (unpaired) electrons. The van der Waals surface area contributed by atoms with Crippen LogP contribution in [0.4, 0.5) is 17.6 Å². The van der Waals surface area contributed by atoms with E-state index >= 15 is 0 Å². The van der Waals surface area contributed by atoms with Crippen molar-refractivity contribution in [2.24, 2.45) is 7.05 Å². The summed E-state index contributed by atoms with van der Waals surface area (Å²) in [7, 11) is 1.70. The highest BCUT2D eigenvalue weighted by molar-refractivity contribution is 5.61. The van der Waals surface area contributed by atoms with Gasteiger partial charge >= 0.3 is 6.18 Å². The van der Waals surface area contributed by atoms with Crippen molar-refractivity contribution in [3.63, 3.8) is 0 Å². The molecule has 2 aromatic heterocycles. The van der Waals surface area contributed by atoms with Gasteiger partial charge in [0.25, 0.3) is 5.89 Å². The van der Waals surface area contributed by atoms with E-state index in [4.69, 9.17) is 4.52 Å². The first-order chi connectivity index (χ1) is 15.2. The molecule has 1 aromatic carbocycles. The van der Waals surface area contributed by atoms with Crippen molar-refractivity contribution in [1.29, 1.82) is 0 Å². The molecule has 0 spiro atoms. The lowest BCUT2D eigenvalue weighted by molar-refractivity contribution is -0.137. The van der Waals surface area contributed by atoms with Crippen LogP contribution in [0.5, 0.6) is 0 Å². The van der Waals surface area contributed by atoms with Crippen molar-refractivity contribution in [3.05, 3.63) is 47.4 Å². The van der Waals surface area contributed by atoms with E-state index in [9.17, 15) is 17.6 Å². The van der Waals surface area contributed by atoms with E-state index < -0.39 is 28.2 Å². The van der Waals surface area contributed by atoms with E-state index in [1.54, 1.807) is 17.7 Å². The molecule has 0 aliphatic heterocycles. The molecule has 3 aromatic rings. The Balaban J connectivity index is 1.60. The summed E-state index contributed by atoms with van der Waals surface area (Å²) in [6.45, 7) is 6.80. The fourth-order valence-corrected chi connectivity index (χ4v) is 4.53. The molecule has 1 fully saturated rings. The van der Waals surface area contributed by atoms with Gasteiger partial charge in [0.1, 0.15) is 5.82 Å². The number of rotatable bonds is 4. The van der Waals surface area contributed by atoms with Gasteiger partial charge in [-0.15, -0.1) is 10.2 Å². The largest absolute Gasteiger partial charge is 0.417 e. The van der Waals surface area contributed by atoms with Crippen LogP contribution in [0.15, 0.2) is 28.8 Å². The number of aromatic nitrogens is 5. The summed E-state index contributed by atoms with van der Waals surface area (Å²) in [5.41, 5.74) is -3.23. The van der Waals surface area contributed by atoms with Crippen LogP contribution in [0.3, 0.4) is 0 Å². The van der Waals surface area contributed by atoms with Crippen LogP contribution in [0.2, 0.25) is 0 Å². The van der Waals surface area contributed by atoms with Crippen molar-refractivity contribution >= 4 is 0 Å². The minimum Gasteiger partial charge on any atom is -0.336 e. The molecule has 2 heterocycles. The Labute approximate surface area is 189 Å². The van der Waals surface area contributed by atoms with E-state index in [2.05, 4.69) is 20.3 Å². The normalized spacial score (nSPS) is 24.3. The first-order valence-electron chi connectivity index (χ1n) is 10.8. The van der Waals surface area contributed by atoms with Gasteiger partial charge in [-0.2, -0.15) is 18.2 Å². The topological polar surface area (TPSA) is 69.6 Å². The van der Waals surface area contributed by atoms with E-state index in [0.29, 0.717) is 37.3 Å². The minimum atomic E-state index is -4.49. The Hall–Kier alpha value is -2.78. The average molecular weight is 465 g/mol. The summed E-state index contributed by atoms with van der Waals surface area (Å²) in [5, 5.41) is 12.5. The van der Waals surface area contributed by atoms with Gasteiger partial charge in [-0.1, -0.05) is 37.2 Å². The molecule has 178 valence electrons. The monoisotopic (exact) mass is 465 g/mol.